The summed E-state index contributed by atoms with van der Waals surface area (Å²) in [7, 11) is 2.59. The normalized spacial score (nSPS) is 32.1. The van der Waals surface area contributed by atoms with Gasteiger partial charge in [-0.3, -0.25) is 28.8 Å². The summed E-state index contributed by atoms with van der Waals surface area (Å²) < 4.78 is 55.0. The first kappa shape index (κ1) is 36.2. The van der Waals surface area contributed by atoms with Gasteiger partial charge < -0.3 is 47.4 Å². The number of rotatable bonds is 12. The topological polar surface area (TPSA) is 195 Å². The van der Waals surface area contributed by atoms with E-state index < -0.39 is 97.2 Å². The van der Waals surface area contributed by atoms with E-state index in [4.69, 9.17) is 47.4 Å². The minimum Gasteiger partial charge on any atom is -0.456 e. The molecule has 2 rings (SSSR count). The van der Waals surface area contributed by atoms with E-state index in [1.807, 2.05) is 0 Å². The van der Waals surface area contributed by atoms with Gasteiger partial charge in [-0.15, -0.1) is 0 Å². The van der Waals surface area contributed by atoms with Gasteiger partial charge in [0, 0.05) is 67.3 Å². The number of thioether (sulfide) groups is 1. The zero-order chi connectivity index (χ0) is 32.4. The van der Waals surface area contributed by atoms with Gasteiger partial charge in [0.05, 0.1) is 0 Å². The lowest BCUT2D eigenvalue weighted by Crippen LogP contribution is -2.63. The molecule has 0 amide bonds. The van der Waals surface area contributed by atoms with Crippen LogP contribution < -0.4 is 0 Å². The van der Waals surface area contributed by atoms with Gasteiger partial charge in [0.25, 0.3) is 0 Å². The van der Waals surface area contributed by atoms with Crippen molar-refractivity contribution in [1.82, 2.24) is 0 Å². The van der Waals surface area contributed by atoms with Crippen molar-refractivity contribution >= 4 is 47.6 Å². The zero-order valence-corrected chi connectivity index (χ0v) is 25.9. The fourth-order valence-electron chi connectivity index (χ4n) is 4.66. The van der Waals surface area contributed by atoms with Crippen LogP contribution in [0.2, 0.25) is 0 Å². The number of esters is 6. The Balaban J connectivity index is 2.34. The summed E-state index contributed by atoms with van der Waals surface area (Å²) in [5, 5.41) is 0. The molecule has 0 radical (unpaired) electrons. The van der Waals surface area contributed by atoms with E-state index in [0.717, 1.165) is 41.5 Å². The minimum atomic E-state index is -1.27. The number of methoxy groups -OCH3 is 2. The van der Waals surface area contributed by atoms with Crippen molar-refractivity contribution in [2.24, 2.45) is 0 Å². The van der Waals surface area contributed by atoms with Crippen LogP contribution >= 0.6 is 11.8 Å². The van der Waals surface area contributed by atoms with Crippen LogP contribution in [0.5, 0.6) is 0 Å². The van der Waals surface area contributed by atoms with E-state index in [0.29, 0.717) is 0 Å². The van der Waals surface area contributed by atoms with E-state index in [-0.39, 0.29) is 11.5 Å². The number of hydrogen-bond donors (Lipinski definition) is 0. The average Bonchev–Trinajstić information content (AvgIpc) is 2.88. The van der Waals surface area contributed by atoms with Crippen molar-refractivity contribution in [2.75, 3.05) is 25.7 Å². The van der Waals surface area contributed by atoms with Crippen LogP contribution in [0.3, 0.4) is 0 Å². The van der Waals surface area contributed by atoms with Gasteiger partial charge >= 0.3 is 35.8 Å². The summed E-state index contributed by atoms with van der Waals surface area (Å²) in [6.07, 6.45) is -11.8. The van der Waals surface area contributed by atoms with Crippen molar-refractivity contribution in [1.29, 1.82) is 0 Å². The molecule has 0 bridgehead atoms. The SMILES string of the molecule is CO[C@H]1O[C@H](CSC[C@H]2O[C@H](OC)[C@@H](OC(C)=O)[C@@H](OC(C)=O)[C@@H]2OC(C)=O)[C@@H](OC(C)=O)[C@H](OC(C)=O)[C@@H]1OC(C)=O. The number of ether oxygens (including phenoxy) is 10. The van der Waals surface area contributed by atoms with Crippen LogP contribution in [0.15, 0.2) is 0 Å². The summed E-state index contributed by atoms with van der Waals surface area (Å²) in [5.74, 6) is -4.18. The second-order valence-electron chi connectivity index (χ2n) is 9.54. The Morgan fingerprint density at radius 3 is 0.977 bits per heavy atom. The molecule has 2 aliphatic heterocycles. The van der Waals surface area contributed by atoms with Crippen molar-refractivity contribution < 1.29 is 76.1 Å². The molecule has 0 saturated carbocycles. The van der Waals surface area contributed by atoms with Gasteiger partial charge in [0.2, 0.25) is 0 Å². The highest BCUT2D eigenvalue weighted by molar-refractivity contribution is 7.99. The van der Waals surface area contributed by atoms with Crippen LogP contribution in [0.4, 0.5) is 0 Å². The molecule has 43 heavy (non-hydrogen) atoms. The molecule has 2 saturated heterocycles. The molecule has 0 spiro atoms. The van der Waals surface area contributed by atoms with Crippen molar-refractivity contribution in [3.05, 3.63) is 0 Å². The fraction of sp³-hybridized carbons (Fsp3) is 0.769. The molecule has 2 fully saturated rings. The first-order valence-electron chi connectivity index (χ1n) is 13.2. The van der Waals surface area contributed by atoms with Crippen LogP contribution in [-0.2, 0) is 76.1 Å². The lowest BCUT2D eigenvalue weighted by Gasteiger charge is -2.45. The first-order chi connectivity index (χ1) is 20.2. The lowest BCUT2D eigenvalue weighted by molar-refractivity contribution is -0.294. The molecule has 0 aromatic heterocycles. The molecule has 2 aliphatic rings. The zero-order valence-electron chi connectivity index (χ0n) is 25.1. The smallest absolute Gasteiger partial charge is 0.303 e. The molecular weight excluding hydrogens is 600 g/mol. The maximum Gasteiger partial charge on any atom is 0.303 e. The fourth-order valence-corrected chi connectivity index (χ4v) is 5.80. The van der Waals surface area contributed by atoms with Gasteiger partial charge in [-0.1, -0.05) is 0 Å². The standard InChI is InChI=1S/C26H38O16S/c1-11(27)35-19-17(41-25(33-7)23(39-15(5)31)21(19)37-13(3)29)9-43-10-18-20(36-12(2)28)22(38-14(4)30)24(40-16(6)32)26(34-8)42-18/h17-26H,9-10H2,1-8H3/t17-,18-,19-,20-,21+,22+,23+,24+,25+,26+/m1/s1. The molecule has 0 aliphatic carbocycles. The Labute approximate surface area is 252 Å². The Morgan fingerprint density at radius 1 is 0.465 bits per heavy atom. The molecule has 17 heteroatoms. The predicted molar refractivity (Wildman–Crippen MR) is 142 cm³/mol. The third-order valence-electron chi connectivity index (χ3n) is 6.02. The van der Waals surface area contributed by atoms with E-state index in [1.54, 1.807) is 0 Å². The van der Waals surface area contributed by atoms with E-state index >= 15 is 0 Å². The molecule has 0 unspecified atom stereocenters. The Kier molecular flexibility index (Phi) is 14.1. The van der Waals surface area contributed by atoms with Crippen molar-refractivity contribution in [3.63, 3.8) is 0 Å². The molecular formula is C26H38O16S. The second-order valence-corrected chi connectivity index (χ2v) is 10.6. The van der Waals surface area contributed by atoms with Gasteiger partial charge in [0.1, 0.15) is 12.2 Å². The highest BCUT2D eigenvalue weighted by Gasteiger charge is 2.54. The Bertz CT molecular complexity index is 941. The molecule has 244 valence electrons. The van der Waals surface area contributed by atoms with E-state index in [2.05, 4.69) is 0 Å². The highest BCUT2D eigenvalue weighted by atomic mass is 32.2. The van der Waals surface area contributed by atoms with Crippen molar-refractivity contribution in [3.8, 4) is 0 Å². The van der Waals surface area contributed by atoms with Crippen LogP contribution in [0, 0.1) is 0 Å². The summed E-state index contributed by atoms with van der Waals surface area (Å²) in [4.78, 5) is 71.5. The van der Waals surface area contributed by atoms with Crippen LogP contribution in [-0.4, -0.2) is 123 Å². The number of hydrogen-bond acceptors (Lipinski definition) is 17. The van der Waals surface area contributed by atoms with Crippen LogP contribution in [0.1, 0.15) is 41.5 Å². The van der Waals surface area contributed by atoms with Crippen LogP contribution in [0.25, 0.3) is 0 Å². The molecule has 0 aromatic carbocycles. The maximum atomic E-state index is 12.0. The van der Waals surface area contributed by atoms with Gasteiger partial charge in [-0.2, -0.15) is 11.8 Å². The molecule has 16 nitrogen and oxygen atoms in total. The maximum absolute atomic E-state index is 12.0. The molecule has 0 N–H and O–H groups in total. The largest absolute Gasteiger partial charge is 0.456 e. The predicted octanol–water partition coefficient (Wildman–Crippen LogP) is 0.0524. The first-order valence-corrected chi connectivity index (χ1v) is 14.3. The lowest BCUT2D eigenvalue weighted by atomic mass is 9.98. The quantitative estimate of drug-likeness (QED) is 0.205. The average molecular weight is 639 g/mol. The third-order valence-corrected chi connectivity index (χ3v) is 7.15. The molecule has 0 aromatic rings. The van der Waals surface area contributed by atoms with Gasteiger partial charge in [-0.05, 0) is 0 Å². The Hall–Kier alpha value is -2.99. The summed E-state index contributed by atoms with van der Waals surface area (Å²) in [6.45, 7) is 6.87. The number of carbonyl (C=O) groups excluding carboxylic acids is 6. The molecule has 2 heterocycles. The van der Waals surface area contributed by atoms with Gasteiger partial charge in [-0.25, -0.2) is 0 Å². The summed E-state index contributed by atoms with van der Waals surface area (Å²) in [6, 6.07) is 0. The summed E-state index contributed by atoms with van der Waals surface area (Å²) in [5.41, 5.74) is 0. The number of carbonyl (C=O) groups is 6. The van der Waals surface area contributed by atoms with E-state index in [9.17, 15) is 28.8 Å². The molecule has 10 atom stereocenters. The van der Waals surface area contributed by atoms with E-state index in [1.165, 1.54) is 26.0 Å². The van der Waals surface area contributed by atoms with Crippen molar-refractivity contribution in [2.45, 2.75) is 103 Å². The van der Waals surface area contributed by atoms with Gasteiger partial charge in [0.15, 0.2) is 49.2 Å². The summed E-state index contributed by atoms with van der Waals surface area (Å²) >= 11 is 1.18. The second kappa shape index (κ2) is 16.7. The Morgan fingerprint density at radius 2 is 0.721 bits per heavy atom. The highest BCUT2D eigenvalue weighted by Crippen LogP contribution is 2.34. The monoisotopic (exact) mass is 638 g/mol. The minimum absolute atomic E-state index is 0.0677. The third kappa shape index (κ3) is 10.6.